The highest BCUT2D eigenvalue weighted by atomic mass is 16.3. The fourth-order valence-electron chi connectivity index (χ4n) is 3.69. The summed E-state index contributed by atoms with van der Waals surface area (Å²) in [6.45, 7) is 0. The predicted octanol–water partition coefficient (Wildman–Crippen LogP) is 3.11. The quantitative estimate of drug-likeness (QED) is 0.651. The van der Waals surface area contributed by atoms with E-state index in [2.05, 4.69) is 16.4 Å². The zero-order valence-electron chi connectivity index (χ0n) is 14.9. The second-order valence-corrected chi connectivity index (χ2v) is 7.20. The molecule has 138 valence electrons. The molecule has 3 aromatic rings. The Bertz CT molecular complexity index is 966. The monoisotopic (exact) mass is 362 g/mol. The zero-order valence-corrected chi connectivity index (χ0v) is 14.9. The van der Waals surface area contributed by atoms with E-state index in [1.54, 1.807) is 30.5 Å². The number of carbonyl (C=O) groups is 1. The molecule has 2 aromatic carbocycles. The summed E-state index contributed by atoms with van der Waals surface area (Å²) >= 11 is 0. The number of pyridine rings is 1. The van der Waals surface area contributed by atoms with Crippen molar-refractivity contribution in [2.24, 2.45) is 5.92 Å². The van der Waals surface area contributed by atoms with Gasteiger partial charge in [0.15, 0.2) is 0 Å². The molecule has 1 fully saturated rings. The highest BCUT2D eigenvalue weighted by Crippen LogP contribution is 2.38. The first-order valence-electron chi connectivity index (χ1n) is 9.19. The number of aromatic nitrogens is 1. The lowest BCUT2D eigenvalue weighted by molar-refractivity contribution is -0.122. The van der Waals surface area contributed by atoms with Crippen LogP contribution in [-0.2, 0) is 11.2 Å². The number of aliphatic hydroxyl groups excluding tert-OH is 1. The van der Waals surface area contributed by atoms with Gasteiger partial charge in [-0.3, -0.25) is 9.78 Å². The Balaban J connectivity index is 1.57. The van der Waals surface area contributed by atoms with Gasteiger partial charge in [0.25, 0.3) is 0 Å². The van der Waals surface area contributed by atoms with Crippen LogP contribution in [0.2, 0.25) is 0 Å². The van der Waals surface area contributed by atoms with Crippen LogP contribution in [0.3, 0.4) is 0 Å². The average molecular weight is 362 g/mol. The summed E-state index contributed by atoms with van der Waals surface area (Å²) in [7, 11) is 0. The first kappa shape index (κ1) is 17.5. The minimum atomic E-state index is -0.305. The maximum absolute atomic E-state index is 12.6. The van der Waals surface area contributed by atoms with Gasteiger partial charge in [-0.25, -0.2) is 0 Å². The average Bonchev–Trinajstić information content (AvgIpc) is 2.65. The number of phenolic OH excluding ortho intramolecular Hbond substituents is 1. The molecular weight excluding hydrogens is 340 g/mol. The van der Waals surface area contributed by atoms with Gasteiger partial charge in [0.05, 0.1) is 24.1 Å². The molecule has 1 aliphatic carbocycles. The molecule has 0 aliphatic heterocycles. The maximum atomic E-state index is 12.6. The Kier molecular flexibility index (Phi) is 4.77. The van der Waals surface area contributed by atoms with Gasteiger partial charge in [-0.1, -0.05) is 36.4 Å². The first-order chi connectivity index (χ1) is 13.1. The Hall–Kier alpha value is -2.92. The molecule has 1 atom stereocenters. The van der Waals surface area contributed by atoms with E-state index in [-0.39, 0.29) is 36.1 Å². The molecule has 0 saturated heterocycles. The summed E-state index contributed by atoms with van der Waals surface area (Å²) in [5, 5.41) is 23.8. The van der Waals surface area contributed by atoms with Gasteiger partial charge >= 0.3 is 0 Å². The molecular formula is C22H22N2O3. The second kappa shape index (κ2) is 7.37. The minimum Gasteiger partial charge on any atom is -0.508 e. The number of fused-ring (bicyclic) bond motifs is 1. The molecule has 1 heterocycles. The molecule has 1 unspecified atom stereocenters. The zero-order chi connectivity index (χ0) is 18.8. The Labute approximate surface area is 157 Å². The number of phenols is 1. The summed E-state index contributed by atoms with van der Waals surface area (Å²) in [5.74, 6) is 0.142. The highest BCUT2D eigenvalue weighted by Gasteiger charge is 2.36. The van der Waals surface area contributed by atoms with E-state index in [0.717, 1.165) is 16.5 Å². The predicted molar refractivity (Wildman–Crippen MR) is 103 cm³/mol. The van der Waals surface area contributed by atoms with Crippen molar-refractivity contribution in [3.63, 3.8) is 0 Å². The maximum Gasteiger partial charge on any atom is 0.225 e. The number of para-hydroxylation sites is 2. The van der Waals surface area contributed by atoms with Crippen molar-refractivity contribution < 1.29 is 15.0 Å². The summed E-state index contributed by atoms with van der Waals surface area (Å²) in [6.07, 6.45) is 2.93. The van der Waals surface area contributed by atoms with Gasteiger partial charge in [-0.05, 0) is 42.5 Å². The second-order valence-electron chi connectivity index (χ2n) is 7.20. The van der Waals surface area contributed by atoms with Gasteiger partial charge in [-0.15, -0.1) is 0 Å². The Morgan fingerprint density at radius 2 is 1.89 bits per heavy atom. The topological polar surface area (TPSA) is 82.5 Å². The van der Waals surface area contributed by atoms with Crippen molar-refractivity contribution in [1.82, 2.24) is 10.3 Å². The summed E-state index contributed by atoms with van der Waals surface area (Å²) in [4.78, 5) is 17.1. The minimum absolute atomic E-state index is 0.111. The normalized spacial score (nSPS) is 20.0. The van der Waals surface area contributed by atoms with Crippen molar-refractivity contribution in [2.75, 3.05) is 0 Å². The van der Waals surface area contributed by atoms with Crippen LogP contribution in [0.5, 0.6) is 5.75 Å². The molecule has 0 spiro atoms. The Morgan fingerprint density at radius 1 is 1.15 bits per heavy atom. The number of aliphatic hydroxyl groups is 1. The van der Waals surface area contributed by atoms with Crippen LogP contribution < -0.4 is 5.32 Å². The van der Waals surface area contributed by atoms with E-state index in [0.29, 0.717) is 18.4 Å². The fourth-order valence-corrected chi connectivity index (χ4v) is 3.69. The third kappa shape index (κ3) is 3.78. The molecule has 0 bridgehead atoms. The SMILES string of the molecule is O=C(Cc1ccccc1O)NC(c1cnc2ccccc2c1)C1CC(O)C1. The molecule has 1 saturated carbocycles. The molecule has 5 nitrogen and oxygen atoms in total. The number of hydrogen-bond acceptors (Lipinski definition) is 4. The third-order valence-corrected chi connectivity index (χ3v) is 5.25. The van der Waals surface area contributed by atoms with Crippen molar-refractivity contribution >= 4 is 16.8 Å². The van der Waals surface area contributed by atoms with Gasteiger partial charge in [0.2, 0.25) is 5.91 Å². The van der Waals surface area contributed by atoms with E-state index in [1.165, 1.54) is 0 Å². The Morgan fingerprint density at radius 3 is 2.67 bits per heavy atom. The van der Waals surface area contributed by atoms with Crippen LogP contribution >= 0.6 is 0 Å². The van der Waals surface area contributed by atoms with Crippen molar-refractivity contribution in [3.8, 4) is 5.75 Å². The number of hydrogen-bond donors (Lipinski definition) is 3. The van der Waals surface area contributed by atoms with E-state index < -0.39 is 0 Å². The smallest absolute Gasteiger partial charge is 0.225 e. The molecule has 27 heavy (non-hydrogen) atoms. The largest absolute Gasteiger partial charge is 0.508 e. The number of nitrogens with zero attached hydrogens (tertiary/aromatic N) is 1. The van der Waals surface area contributed by atoms with Crippen LogP contribution in [0.4, 0.5) is 0 Å². The van der Waals surface area contributed by atoms with Crippen LogP contribution in [0.25, 0.3) is 10.9 Å². The van der Waals surface area contributed by atoms with Crippen molar-refractivity contribution in [3.05, 3.63) is 71.9 Å². The van der Waals surface area contributed by atoms with Crippen LogP contribution in [0, 0.1) is 5.92 Å². The van der Waals surface area contributed by atoms with Gasteiger partial charge in [0.1, 0.15) is 5.75 Å². The lowest BCUT2D eigenvalue weighted by atomic mass is 9.75. The van der Waals surface area contributed by atoms with E-state index in [9.17, 15) is 15.0 Å². The number of rotatable bonds is 5. The highest BCUT2D eigenvalue weighted by molar-refractivity contribution is 5.81. The molecule has 0 radical (unpaired) electrons. The van der Waals surface area contributed by atoms with Gasteiger partial charge in [0, 0.05) is 17.1 Å². The summed E-state index contributed by atoms with van der Waals surface area (Å²) < 4.78 is 0. The van der Waals surface area contributed by atoms with Crippen molar-refractivity contribution in [1.29, 1.82) is 0 Å². The third-order valence-electron chi connectivity index (χ3n) is 5.25. The summed E-state index contributed by atoms with van der Waals surface area (Å²) in [5.41, 5.74) is 2.45. The number of amides is 1. The molecule has 3 N–H and O–H groups in total. The number of benzene rings is 2. The molecule has 4 rings (SSSR count). The molecule has 5 heteroatoms. The molecule has 1 aliphatic rings. The van der Waals surface area contributed by atoms with E-state index >= 15 is 0 Å². The van der Waals surface area contributed by atoms with Crippen LogP contribution in [0.15, 0.2) is 60.8 Å². The standard InChI is InChI=1S/C22H22N2O3/c25-18-10-16(11-18)22(17-9-14-5-1-3-7-19(14)23-13-17)24-21(27)12-15-6-2-4-8-20(15)26/h1-9,13,16,18,22,25-26H,10-12H2,(H,24,27). The number of aromatic hydroxyl groups is 1. The lowest BCUT2D eigenvalue weighted by Crippen LogP contribution is -2.42. The fraction of sp³-hybridized carbons (Fsp3) is 0.273. The van der Waals surface area contributed by atoms with E-state index in [4.69, 9.17) is 0 Å². The van der Waals surface area contributed by atoms with Crippen LogP contribution in [0.1, 0.15) is 30.0 Å². The van der Waals surface area contributed by atoms with Gasteiger partial charge < -0.3 is 15.5 Å². The van der Waals surface area contributed by atoms with Gasteiger partial charge in [-0.2, -0.15) is 0 Å². The van der Waals surface area contributed by atoms with E-state index in [1.807, 2.05) is 24.3 Å². The first-order valence-corrected chi connectivity index (χ1v) is 9.19. The molecule has 1 aromatic heterocycles. The van der Waals surface area contributed by atoms with Crippen LogP contribution in [-0.4, -0.2) is 27.2 Å². The lowest BCUT2D eigenvalue weighted by Gasteiger charge is -2.38. The molecule has 1 amide bonds. The number of carbonyl (C=O) groups excluding carboxylic acids is 1. The number of nitrogens with one attached hydrogen (secondary N) is 1. The van der Waals surface area contributed by atoms with Crippen molar-refractivity contribution in [2.45, 2.75) is 31.4 Å². The summed E-state index contributed by atoms with van der Waals surface area (Å²) in [6, 6.07) is 16.6.